The third-order valence-electron chi connectivity index (χ3n) is 3.15. The molecule has 0 fully saturated rings. The SMILES string of the molecule is Nc1ccc(C(=O)O)c(C(=O)O)c1.O=C1NC(=O)c2ccccc21. The van der Waals surface area contributed by atoms with Crippen LogP contribution in [-0.2, 0) is 0 Å². The van der Waals surface area contributed by atoms with Crippen molar-refractivity contribution in [2.45, 2.75) is 0 Å². The summed E-state index contributed by atoms with van der Waals surface area (Å²) in [5.74, 6) is -3.18. The number of nitrogens with one attached hydrogen (secondary N) is 1. The number of carboxylic acids is 2. The second-order valence-corrected chi connectivity index (χ2v) is 4.74. The number of anilines is 1. The van der Waals surface area contributed by atoms with Gasteiger partial charge in [0.05, 0.1) is 22.3 Å². The maximum Gasteiger partial charge on any atom is 0.336 e. The summed E-state index contributed by atoms with van der Waals surface area (Å²) in [4.78, 5) is 43.0. The second kappa shape index (κ2) is 6.61. The van der Waals surface area contributed by atoms with Crippen LogP contribution in [0.1, 0.15) is 41.4 Å². The average molecular weight is 328 g/mol. The molecule has 3 rings (SSSR count). The maximum atomic E-state index is 10.9. The van der Waals surface area contributed by atoms with Crippen LogP contribution in [0.3, 0.4) is 0 Å². The Hall–Kier alpha value is -3.68. The van der Waals surface area contributed by atoms with E-state index in [0.717, 1.165) is 6.07 Å². The predicted molar refractivity (Wildman–Crippen MR) is 83.0 cm³/mol. The molecule has 0 saturated heterocycles. The van der Waals surface area contributed by atoms with E-state index in [9.17, 15) is 19.2 Å². The minimum Gasteiger partial charge on any atom is -0.478 e. The molecule has 1 aliphatic heterocycles. The van der Waals surface area contributed by atoms with Gasteiger partial charge in [-0.1, -0.05) is 12.1 Å². The molecular formula is C16H12N2O6. The molecule has 8 heteroatoms. The van der Waals surface area contributed by atoms with Crippen LogP contribution >= 0.6 is 0 Å². The van der Waals surface area contributed by atoms with Gasteiger partial charge in [0.1, 0.15) is 0 Å². The number of imide groups is 1. The summed E-state index contributed by atoms with van der Waals surface area (Å²) in [7, 11) is 0. The number of amides is 2. The third kappa shape index (κ3) is 3.38. The van der Waals surface area contributed by atoms with Crippen molar-refractivity contribution in [1.29, 1.82) is 0 Å². The standard InChI is InChI=1S/C8H7NO4.C8H5NO2/c9-4-1-2-5(7(10)11)6(3-4)8(12)13;10-7-5-3-1-2-4-6(5)8(11)9-7/h1-3H,9H2,(H,10,11)(H,12,13);1-4H,(H,9,10,11). The number of hydrogen-bond acceptors (Lipinski definition) is 5. The Morgan fingerprint density at radius 1 is 0.833 bits per heavy atom. The van der Waals surface area contributed by atoms with E-state index < -0.39 is 11.9 Å². The van der Waals surface area contributed by atoms with E-state index in [1.807, 2.05) is 0 Å². The number of hydrogen-bond donors (Lipinski definition) is 4. The Morgan fingerprint density at radius 2 is 1.33 bits per heavy atom. The van der Waals surface area contributed by atoms with Gasteiger partial charge in [0, 0.05) is 5.69 Å². The van der Waals surface area contributed by atoms with Crippen LogP contribution in [0.15, 0.2) is 42.5 Å². The van der Waals surface area contributed by atoms with Crippen LogP contribution in [0.4, 0.5) is 5.69 Å². The number of aromatic carboxylic acids is 2. The lowest BCUT2D eigenvalue weighted by Crippen LogP contribution is -2.19. The largest absolute Gasteiger partial charge is 0.478 e. The van der Waals surface area contributed by atoms with E-state index in [1.165, 1.54) is 12.1 Å². The number of carbonyl (C=O) groups is 4. The molecule has 0 bridgehead atoms. The molecule has 5 N–H and O–H groups in total. The van der Waals surface area contributed by atoms with Crippen molar-refractivity contribution in [1.82, 2.24) is 5.32 Å². The highest BCUT2D eigenvalue weighted by Crippen LogP contribution is 2.14. The molecule has 0 radical (unpaired) electrons. The van der Waals surface area contributed by atoms with Crippen molar-refractivity contribution in [3.63, 3.8) is 0 Å². The minimum absolute atomic E-state index is 0.224. The summed E-state index contributed by atoms with van der Waals surface area (Å²) in [6.07, 6.45) is 0. The topological polar surface area (TPSA) is 147 Å². The molecule has 0 unspecified atom stereocenters. The van der Waals surface area contributed by atoms with E-state index in [-0.39, 0.29) is 28.6 Å². The van der Waals surface area contributed by atoms with E-state index in [1.54, 1.807) is 24.3 Å². The zero-order chi connectivity index (χ0) is 17.9. The summed E-state index contributed by atoms with van der Waals surface area (Å²) in [5, 5.41) is 19.4. The molecular weight excluding hydrogens is 316 g/mol. The molecule has 0 atom stereocenters. The molecule has 2 aromatic rings. The highest BCUT2D eigenvalue weighted by Gasteiger charge is 2.25. The Labute approximate surface area is 135 Å². The van der Waals surface area contributed by atoms with Crippen molar-refractivity contribution >= 4 is 29.4 Å². The smallest absolute Gasteiger partial charge is 0.336 e. The number of rotatable bonds is 2. The molecule has 1 aliphatic rings. The van der Waals surface area contributed by atoms with Crippen molar-refractivity contribution in [3.05, 3.63) is 64.7 Å². The zero-order valence-electron chi connectivity index (χ0n) is 12.1. The van der Waals surface area contributed by atoms with Gasteiger partial charge in [-0.2, -0.15) is 0 Å². The molecule has 2 aromatic carbocycles. The second-order valence-electron chi connectivity index (χ2n) is 4.74. The summed E-state index contributed by atoms with van der Waals surface area (Å²) in [5.41, 5.74) is 5.91. The van der Waals surface area contributed by atoms with Gasteiger partial charge in [-0.25, -0.2) is 9.59 Å². The Bertz CT molecular complexity index is 826. The molecule has 2 amide bonds. The van der Waals surface area contributed by atoms with Crippen LogP contribution in [0, 0.1) is 0 Å². The summed E-state index contributed by atoms with van der Waals surface area (Å²) < 4.78 is 0. The van der Waals surface area contributed by atoms with Crippen LogP contribution in [-0.4, -0.2) is 34.0 Å². The minimum atomic E-state index is -1.30. The first-order chi connectivity index (χ1) is 11.3. The fourth-order valence-electron chi connectivity index (χ4n) is 2.04. The number of carboxylic acid groups (broad SMARTS) is 2. The van der Waals surface area contributed by atoms with Gasteiger partial charge in [0.15, 0.2) is 0 Å². The Kier molecular flexibility index (Phi) is 4.60. The van der Waals surface area contributed by atoms with Gasteiger partial charge in [-0.05, 0) is 30.3 Å². The summed E-state index contributed by atoms with van der Waals surface area (Å²) in [6, 6.07) is 10.4. The lowest BCUT2D eigenvalue weighted by molar-refractivity contribution is 0.0651. The Balaban J connectivity index is 0.000000175. The van der Waals surface area contributed by atoms with Gasteiger partial charge < -0.3 is 15.9 Å². The van der Waals surface area contributed by atoms with Crippen molar-refractivity contribution < 1.29 is 29.4 Å². The molecule has 0 spiro atoms. The Morgan fingerprint density at radius 3 is 1.79 bits per heavy atom. The first-order valence-corrected chi connectivity index (χ1v) is 6.62. The van der Waals surface area contributed by atoms with Crippen molar-refractivity contribution in [2.75, 3.05) is 5.73 Å². The van der Waals surface area contributed by atoms with Crippen LogP contribution in [0.25, 0.3) is 0 Å². The van der Waals surface area contributed by atoms with Gasteiger partial charge in [0.2, 0.25) is 0 Å². The molecule has 1 heterocycles. The molecule has 24 heavy (non-hydrogen) atoms. The maximum absolute atomic E-state index is 10.9. The van der Waals surface area contributed by atoms with Gasteiger partial charge in [-0.15, -0.1) is 0 Å². The predicted octanol–water partition coefficient (Wildman–Crippen LogP) is 1.24. The summed E-state index contributed by atoms with van der Waals surface area (Å²) in [6.45, 7) is 0. The molecule has 0 aliphatic carbocycles. The van der Waals surface area contributed by atoms with Crippen molar-refractivity contribution in [3.8, 4) is 0 Å². The van der Waals surface area contributed by atoms with E-state index in [2.05, 4.69) is 5.32 Å². The van der Waals surface area contributed by atoms with Gasteiger partial charge in [-0.3, -0.25) is 14.9 Å². The highest BCUT2D eigenvalue weighted by atomic mass is 16.4. The number of benzene rings is 2. The zero-order valence-corrected chi connectivity index (χ0v) is 12.1. The normalized spacial score (nSPS) is 11.8. The number of nitrogen functional groups attached to an aromatic ring is 1. The van der Waals surface area contributed by atoms with Gasteiger partial charge in [0.25, 0.3) is 11.8 Å². The van der Waals surface area contributed by atoms with Crippen molar-refractivity contribution in [2.24, 2.45) is 0 Å². The average Bonchev–Trinajstić information content (AvgIpc) is 2.83. The molecule has 122 valence electrons. The van der Waals surface area contributed by atoms with E-state index in [0.29, 0.717) is 11.1 Å². The lowest BCUT2D eigenvalue weighted by atomic mass is 10.1. The quantitative estimate of drug-likeness (QED) is 0.479. The highest BCUT2D eigenvalue weighted by molar-refractivity contribution is 6.21. The van der Waals surface area contributed by atoms with Crippen LogP contribution in [0.5, 0.6) is 0 Å². The monoisotopic (exact) mass is 328 g/mol. The van der Waals surface area contributed by atoms with Crippen LogP contribution in [0.2, 0.25) is 0 Å². The third-order valence-corrected chi connectivity index (χ3v) is 3.15. The summed E-state index contributed by atoms with van der Waals surface area (Å²) >= 11 is 0. The number of fused-ring (bicyclic) bond motifs is 1. The number of nitrogens with two attached hydrogens (primary N) is 1. The lowest BCUT2D eigenvalue weighted by Gasteiger charge is -2.01. The van der Waals surface area contributed by atoms with E-state index >= 15 is 0 Å². The first-order valence-electron chi connectivity index (χ1n) is 6.62. The molecule has 0 saturated carbocycles. The molecule has 8 nitrogen and oxygen atoms in total. The van der Waals surface area contributed by atoms with Crippen LogP contribution < -0.4 is 11.1 Å². The fraction of sp³-hybridized carbons (Fsp3) is 0. The van der Waals surface area contributed by atoms with Gasteiger partial charge >= 0.3 is 11.9 Å². The first kappa shape index (κ1) is 16.7. The molecule has 0 aromatic heterocycles. The van der Waals surface area contributed by atoms with E-state index in [4.69, 9.17) is 15.9 Å². The number of carbonyl (C=O) groups excluding carboxylic acids is 2. The fourth-order valence-corrected chi connectivity index (χ4v) is 2.04.